The van der Waals surface area contributed by atoms with Gasteiger partial charge in [-0.05, 0) is 36.6 Å². The van der Waals surface area contributed by atoms with E-state index in [2.05, 4.69) is 71.0 Å². The maximum atomic E-state index is 5.42. The predicted molar refractivity (Wildman–Crippen MR) is 128 cm³/mol. The standard InChI is InChI=1S/C22H30N4O.HI/c1-2-23-22(24-13-12-19-6-4-3-5-7-19)25-18-20-8-10-21(11-9-20)26-14-16-27-17-15-26;/h3-11H,2,12-18H2,1H3,(H2,23,24,25);1H. The van der Waals surface area contributed by atoms with E-state index < -0.39 is 0 Å². The van der Waals surface area contributed by atoms with Gasteiger partial charge in [0.1, 0.15) is 0 Å². The zero-order valence-electron chi connectivity index (χ0n) is 16.6. The van der Waals surface area contributed by atoms with Crippen LogP contribution in [-0.4, -0.2) is 45.4 Å². The highest BCUT2D eigenvalue weighted by Crippen LogP contribution is 2.17. The first-order valence-electron chi connectivity index (χ1n) is 9.83. The maximum Gasteiger partial charge on any atom is 0.191 e. The molecule has 0 saturated carbocycles. The van der Waals surface area contributed by atoms with Crippen LogP contribution in [0.1, 0.15) is 18.1 Å². The molecule has 1 aliphatic heterocycles. The number of nitrogens with zero attached hydrogens (tertiary/aromatic N) is 2. The molecule has 3 rings (SSSR count). The van der Waals surface area contributed by atoms with E-state index >= 15 is 0 Å². The van der Waals surface area contributed by atoms with E-state index in [4.69, 9.17) is 9.73 Å². The summed E-state index contributed by atoms with van der Waals surface area (Å²) in [5.74, 6) is 0.866. The molecule has 1 heterocycles. The normalized spacial score (nSPS) is 14.3. The largest absolute Gasteiger partial charge is 0.378 e. The first-order chi connectivity index (χ1) is 13.3. The van der Waals surface area contributed by atoms with Crippen molar-refractivity contribution in [3.63, 3.8) is 0 Å². The smallest absolute Gasteiger partial charge is 0.191 e. The van der Waals surface area contributed by atoms with Crippen LogP contribution in [0.3, 0.4) is 0 Å². The summed E-state index contributed by atoms with van der Waals surface area (Å²) in [5, 5.41) is 6.74. The number of anilines is 1. The van der Waals surface area contributed by atoms with E-state index in [9.17, 15) is 0 Å². The average molecular weight is 494 g/mol. The number of rotatable bonds is 7. The average Bonchev–Trinajstić information content (AvgIpc) is 2.74. The minimum absolute atomic E-state index is 0. The van der Waals surface area contributed by atoms with Gasteiger partial charge in [0.25, 0.3) is 0 Å². The Bertz CT molecular complexity index is 700. The molecule has 0 unspecified atom stereocenters. The topological polar surface area (TPSA) is 48.9 Å². The number of hydrogen-bond donors (Lipinski definition) is 2. The van der Waals surface area contributed by atoms with Crippen molar-refractivity contribution in [2.75, 3.05) is 44.3 Å². The summed E-state index contributed by atoms with van der Waals surface area (Å²) in [6.45, 7) is 8.04. The Morgan fingerprint density at radius 3 is 2.36 bits per heavy atom. The number of nitrogens with one attached hydrogen (secondary N) is 2. The molecule has 2 N–H and O–H groups in total. The van der Waals surface area contributed by atoms with Gasteiger partial charge in [0.05, 0.1) is 19.8 Å². The van der Waals surface area contributed by atoms with Crippen LogP contribution in [0.4, 0.5) is 5.69 Å². The van der Waals surface area contributed by atoms with Crippen LogP contribution >= 0.6 is 24.0 Å². The lowest BCUT2D eigenvalue weighted by atomic mass is 10.1. The number of ether oxygens (including phenoxy) is 1. The second-order valence-corrected chi connectivity index (χ2v) is 6.62. The van der Waals surface area contributed by atoms with E-state index in [1.807, 2.05) is 6.07 Å². The van der Waals surface area contributed by atoms with Crippen LogP contribution in [-0.2, 0) is 17.7 Å². The van der Waals surface area contributed by atoms with Crippen molar-refractivity contribution in [3.05, 3.63) is 65.7 Å². The van der Waals surface area contributed by atoms with E-state index in [0.717, 1.165) is 51.8 Å². The van der Waals surface area contributed by atoms with Gasteiger partial charge in [-0.2, -0.15) is 0 Å². The highest BCUT2D eigenvalue weighted by Gasteiger charge is 2.10. The summed E-state index contributed by atoms with van der Waals surface area (Å²) in [6, 6.07) is 19.2. The first kappa shape index (κ1) is 22.5. The molecular formula is C22H31IN4O. The number of guanidine groups is 1. The van der Waals surface area contributed by atoms with Crippen molar-refractivity contribution in [1.82, 2.24) is 10.6 Å². The zero-order valence-corrected chi connectivity index (χ0v) is 18.9. The Morgan fingerprint density at radius 2 is 1.68 bits per heavy atom. The van der Waals surface area contributed by atoms with Crippen molar-refractivity contribution in [2.45, 2.75) is 19.9 Å². The van der Waals surface area contributed by atoms with Crippen LogP contribution in [0, 0.1) is 0 Å². The summed E-state index contributed by atoms with van der Waals surface area (Å²) in [7, 11) is 0. The molecule has 2 aromatic carbocycles. The number of benzene rings is 2. The van der Waals surface area contributed by atoms with Gasteiger partial charge in [-0.25, -0.2) is 4.99 Å². The quantitative estimate of drug-likeness (QED) is 0.352. The monoisotopic (exact) mass is 494 g/mol. The summed E-state index contributed by atoms with van der Waals surface area (Å²) >= 11 is 0. The van der Waals surface area contributed by atoms with Crippen molar-refractivity contribution >= 4 is 35.6 Å². The van der Waals surface area contributed by atoms with Crippen LogP contribution in [0.25, 0.3) is 0 Å². The third kappa shape index (κ3) is 7.31. The maximum absolute atomic E-state index is 5.42. The van der Waals surface area contributed by atoms with Gasteiger partial charge in [-0.1, -0.05) is 42.5 Å². The van der Waals surface area contributed by atoms with Crippen molar-refractivity contribution in [3.8, 4) is 0 Å². The number of halogens is 1. The number of hydrogen-bond acceptors (Lipinski definition) is 3. The molecule has 1 fully saturated rings. The van der Waals surface area contributed by atoms with Gasteiger partial charge in [0, 0.05) is 31.9 Å². The molecule has 0 aromatic heterocycles. The van der Waals surface area contributed by atoms with Crippen LogP contribution in [0.2, 0.25) is 0 Å². The highest BCUT2D eigenvalue weighted by atomic mass is 127. The Kier molecular flexibility index (Phi) is 10.1. The highest BCUT2D eigenvalue weighted by molar-refractivity contribution is 14.0. The van der Waals surface area contributed by atoms with Crippen molar-refractivity contribution in [2.24, 2.45) is 4.99 Å². The molecule has 5 nitrogen and oxygen atoms in total. The third-order valence-electron chi connectivity index (χ3n) is 4.63. The lowest BCUT2D eigenvalue weighted by Gasteiger charge is -2.28. The van der Waals surface area contributed by atoms with Gasteiger partial charge in [0.15, 0.2) is 5.96 Å². The Balaban J connectivity index is 0.00000280. The van der Waals surface area contributed by atoms with Crippen LogP contribution in [0.15, 0.2) is 59.6 Å². The summed E-state index contributed by atoms with van der Waals surface area (Å²) in [6.07, 6.45) is 0.986. The third-order valence-corrected chi connectivity index (χ3v) is 4.63. The molecule has 1 saturated heterocycles. The fourth-order valence-corrected chi connectivity index (χ4v) is 3.12. The fraction of sp³-hybridized carbons (Fsp3) is 0.409. The molecule has 28 heavy (non-hydrogen) atoms. The summed E-state index contributed by atoms with van der Waals surface area (Å²) in [4.78, 5) is 7.08. The van der Waals surface area contributed by atoms with E-state index in [1.54, 1.807) is 0 Å². The minimum Gasteiger partial charge on any atom is -0.378 e. The molecular weight excluding hydrogens is 463 g/mol. The van der Waals surface area contributed by atoms with E-state index in [-0.39, 0.29) is 24.0 Å². The predicted octanol–water partition coefficient (Wildman–Crippen LogP) is 3.44. The van der Waals surface area contributed by atoms with E-state index in [0.29, 0.717) is 6.54 Å². The Hall–Kier alpha value is -1.80. The zero-order chi connectivity index (χ0) is 18.7. The summed E-state index contributed by atoms with van der Waals surface area (Å²) < 4.78 is 5.42. The Morgan fingerprint density at radius 1 is 0.964 bits per heavy atom. The van der Waals surface area contributed by atoms with Crippen molar-refractivity contribution in [1.29, 1.82) is 0 Å². The second kappa shape index (κ2) is 12.6. The first-order valence-corrected chi connectivity index (χ1v) is 9.83. The Labute approximate surface area is 185 Å². The lowest BCUT2D eigenvalue weighted by Crippen LogP contribution is -2.38. The van der Waals surface area contributed by atoms with Crippen molar-refractivity contribution < 1.29 is 4.74 Å². The molecule has 0 spiro atoms. The van der Waals surface area contributed by atoms with Gasteiger partial charge in [0.2, 0.25) is 0 Å². The molecule has 152 valence electrons. The van der Waals surface area contributed by atoms with Gasteiger partial charge >= 0.3 is 0 Å². The lowest BCUT2D eigenvalue weighted by molar-refractivity contribution is 0.122. The van der Waals surface area contributed by atoms with Crippen LogP contribution < -0.4 is 15.5 Å². The van der Waals surface area contributed by atoms with Crippen LogP contribution in [0.5, 0.6) is 0 Å². The van der Waals surface area contributed by atoms with Gasteiger partial charge in [-0.15, -0.1) is 24.0 Å². The number of aliphatic imine (C=N–C) groups is 1. The molecule has 0 aliphatic carbocycles. The molecule has 0 atom stereocenters. The fourth-order valence-electron chi connectivity index (χ4n) is 3.12. The van der Waals surface area contributed by atoms with Gasteiger partial charge < -0.3 is 20.3 Å². The van der Waals surface area contributed by atoms with E-state index in [1.165, 1.54) is 16.8 Å². The molecule has 6 heteroatoms. The molecule has 0 radical (unpaired) electrons. The number of morpholine rings is 1. The summed E-state index contributed by atoms with van der Waals surface area (Å²) in [5.41, 5.74) is 3.81. The second-order valence-electron chi connectivity index (χ2n) is 6.62. The SMILES string of the molecule is CCNC(=NCc1ccc(N2CCOCC2)cc1)NCCc1ccccc1.I. The molecule has 2 aromatic rings. The van der Waals surface area contributed by atoms with Gasteiger partial charge in [-0.3, -0.25) is 0 Å². The molecule has 0 bridgehead atoms. The minimum atomic E-state index is 0. The molecule has 1 aliphatic rings. The molecule has 0 amide bonds.